The van der Waals surface area contributed by atoms with Crippen LogP contribution >= 0.6 is 22.9 Å². The van der Waals surface area contributed by atoms with Crippen molar-refractivity contribution in [2.75, 3.05) is 0 Å². The monoisotopic (exact) mass is 320 g/mol. The van der Waals surface area contributed by atoms with E-state index in [1.807, 2.05) is 41.8 Å². The van der Waals surface area contributed by atoms with Gasteiger partial charge in [-0.1, -0.05) is 48.4 Å². The van der Waals surface area contributed by atoms with Crippen molar-refractivity contribution in [3.63, 3.8) is 0 Å². The van der Waals surface area contributed by atoms with E-state index in [9.17, 15) is 9.90 Å². The summed E-state index contributed by atoms with van der Waals surface area (Å²) in [5.41, 5.74) is 2.61. The Labute approximate surface area is 130 Å². The second-order valence-corrected chi connectivity index (χ2v) is 6.13. The molecule has 0 unspecified atom stereocenters. The minimum Gasteiger partial charge on any atom is -0.477 e. The highest BCUT2D eigenvalue weighted by molar-refractivity contribution is 7.19. The van der Waals surface area contributed by atoms with Crippen LogP contribution in [0.5, 0.6) is 0 Å². The lowest BCUT2D eigenvalue weighted by atomic mass is 10.2. The third-order valence-electron chi connectivity index (χ3n) is 3.24. The molecule has 0 spiro atoms. The molecular formula is C15H13ClN2O2S. The van der Waals surface area contributed by atoms with Crippen molar-refractivity contribution in [3.8, 4) is 11.3 Å². The van der Waals surface area contributed by atoms with Gasteiger partial charge in [-0.15, -0.1) is 0 Å². The minimum atomic E-state index is -0.887. The van der Waals surface area contributed by atoms with E-state index in [0.29, 0.717) is 14.9 Å². The second kappa shape index (κ2) is 5.50. The molecule has 4 nitrogen and oxygen atoms in total. The number of thiazole rings is 1. The first-order valence-corrected chi connectivity index (χ1v) is 7.79. The predicted octanol–water partition coefficient (Wildman–Crippen LogP) is 4.37. The number of benzene rings is 1. The summed E-state index contributed by atoms with van der Waals surface area (Å²) in [6.07, 6.45) is 3.51. The van der Waals surface area contributed by atoms with Crippen molar-refractivity contribution in [1.82, 2.24) is 9.38 Å². The number of aryl methyl sites for hydroxylation is 1. The summed E-state index contributed by atoms with van der Waals surface area (Å²) < 4.78 is 1.89. The maximum absolute atomic E-state index is 11.3. The molecule has 2 aromatic heterocycles. The van der Waals surface area contributed by atoms with Crippen molar-refractivity contribution in [3.05, 3.63) is 46.1 Å². The highest BCUT2D eigenvalue weighted by Crippen LogP contribution is 2.28. The van der Waals surface area contributed by atoms with Crippen LogP contribution in [0.2, 0.25) is 5.02 Å². The lowest BCUT2D eigenvalue weighted by molar-refractivity contribution is 0.0700. The van der Waals surface area contributed by atoms with Gasteiger partial charge in [0.05, 0.1) is 5.69 Å². The van der Waals surface area contributed by atoms with Gasteiger partial charge in [-0.05, 0) is 18.6 Å². The largest absolute Gasteiger partial charge is 0.477 e. The average Bonchev–Trinajstić information content (AvgIpc) is 2.99. The number of imidazole rings is 1. The lowest BCUT2D eigenvalue weighted by Crippen LogP contribution is -2.00. The fourth-order valence-electron chi connectivity index (χ4n) is 2.29. The van der Waals surface area contributed by atoms with Crippen LogP contribution in [-0.2, 0) is 6.42 Å². The number of rotatable bonds is 4. The quantitative estimate of drug-likeness (QED) is 0.776. The van der Waals surface area contributed by atoms with Crippen LogP contribution in [0, 0.1) is 0 Å². The average molecular weight is 321 g/mol. The number of carboxylic acids is 1. The number of hydrogen-bond donors (Lipinski definition) is 1. The van der Waals surface area contributed by atoms with E-state index < -0.39 is 5.97 Å². The normalized spacial score (nSPS) is 11.1. The number of hydrogen-bond acceptors (Lipinski definition) is 3. The zero-order chi connectivity index (χ0) is 15.0. The Morgan fingerprint density at radius 3 is 2.71 bits per heavy atom. The summed E-state index contributed by atoms with van der Waals surface area (Å²) in [5, 5.41) is 9.96. The fourth-order valence-corrected chi connectivity index (χ4v) is 3.41. The maximum atomic E-state index is 11.3. The van der Waals surface area contributed by atoms with Crippen LogP contribution in [-0.4, -0.2) is 20.5 Å². The molecule has 0 aliphatic rings. The third-order valence-corrected chi connectivity index (χ3v) is 4.58. The molecule has 21 heavy (non-hydrogen) atoms. The molecular weight excluding hydrogens is 308 g/mol. The van der Waals surface area contributed by atoms with Crippen LogP contribution in [0.15, 0.2) is 30.5 Å². The lowest BCUT2D eigenvalue weighted by Gasteiger charge is -1.99. The third kappa shape index (κ3) is 2.54. The van der Waals surface area contributed by atoms with E-state index in [4.69, 9.17) is 11.6 Å². The standard InChI is InChI=1S/C15H13ClN2O2S/c1-2-3-12-13(14(19)20)21-15-17-11(8-18(12)15)9-4-6-10(16)7-5-9/h4-8H,2-3H2,1H3,(H,19,20). The highest BCUT2D eigenvalue weighted by Gasteiger charge is 2.19. The SMILES string of the molecule is CCCc1c(C(=O)O)sc2nc(-c3ccc(Cl)cc3)cn12. The van der Waals surface area contributed by atoms with Crippen LogP contribution in [0.3, 0.4) is 0 Å². The maximum Gasteiger partial charge on any atom is 0.347 e. The summed E-state index contributed by atoms with van der Waals surface area (Å²) >= 11 is 7.11. The number of halogens is 1. The molecule has 0 aliphatic heterocycles. The molecule has 3 rings (SSSR count). The summed E-state index contributed by atoms with van der Waals surface area (Å²) in [5.74, 6) is -0.887. The van der Waals surface area contributed by atoms with Crippen molar-refractivity contribution in [2.24, 2.45) is 0 Å². The first-order valence-electron chi connectivity index (χ1n) is 6.60. The number of aromatic carboxylic acids is 1. The van der Waals surface area contributed by atoms with Gasteiger partial charge in [0.25, 0.3) is 0 Å². The molecule has 3 aromatic rings. The number of nitrogens with zero attached hydrogens (tertiary/aromatic N) is 2. The first-order chi connectivity index (χ1) is 10.1. The molecule has 0 amide bonds. The van der Waals surface area contributed by atoms with Crippen molar-refractivity contribution >= 4 is 33.9 Å². The van der Waals surface area contributed by atoms with Crippen molar-refractivity contribution < 1.29 is 9.90 Å². The van der Waals surface area contributed by atoms with Crippen LogP contribution in [0.4, 0.5) is 0 Å². The summed E-state index contributed by atoms with van der Waals surface area (Å²) in [6.45, 7) is 2.03. The zero-order valence-electron chi connectivity index (χ0n) is 11.3. The number of fused-ring (bicyclic) bond motifs is 1. The Morgan fingerprint density at radius 2 is 2.10 bits per heavy atom. The van der Waals surface area contributed by atoms with Gasteiger partial charge < -0.3 is 5.11 Å². The Morgan fingerprint density at radius 1 is 1.38 bits per heavy atom. The minimum absolute atomic E-state index is 0.377. The van der Waals surface area contributed by atoms with Crippen LogP contribution < -0.4 is 0 Å². The van der Waals surface area contributed by atoms with Gasteiger partial charge in [0.2, 0.25) is 0 Å². The van der Waals surface area contributed by atoms with Gasteiger partial charge in [-0.3, -0.25) is 4.40 Å². The highest BCUT2D eigenvalue weighted by atomic mass is 35.5. The topological polar surface area (TPSA) is 54.6 Å². The summed E-state index contributed by atoms with van der Waals surface area (Å²) in [6, 6.07) is 7.46. The van der Waals surface area contributed by atoms with Crippen molar-refractivity contribution in [1.29, 1.82) is 0 Å². The summed E-state index contributed by atoms with van der Waals surface area (Å²) in [7, 11) is 0. The van der Waals surface area contributed by atoms with Crippen LogP contribution in [0.1, 0.15) is 28.7 Å². The van der Waals surface area contributed by atoms with Crippen LogP contribution in [0.25, 0.3) is 16.2 Å². The molecule has 0 aliphatic carbocycles. The first kappa shape index (κ1) is 14.1. The predicted molar refractivity (Wildman–Crippen MR) is 84.5 cm³/mol. The van der Waals surface area contributed by atoms with Crippen molar-refractivity contribution in [2.45, 2.75) is 19.8 Å². The molecule has 0 saturated heterocycles. The van der Waals surface area contributed by atoms with E-state index in [-0.39, 0.29) is 0 Å². The molecule has 0 bridgehead atoms. The number of aromatic nitrogens is 2. The smallest absolute Gasteiger partial charge is 0.347 e. The Bertz CT molecular complexity index is 805. The fraction of sp³-hybridized carbons (Fsp3) is 0.200. The second-order valence-electron chi connectivity index (χ2n) is 4.72. The molecule has 0 atom stereocenters. The number of carboxylic acid groups (broad SMARTS) is 1. The van der Waals surface area contributed by atoms with E-state index in [2.05, 4.69) is 4.98 Å². The molecule has 0 radical (unpaired) electrons. The number of carbonyl (C=O) groups is 1. The van der Waals surface area contributed by atoms with Gasteiger partial charge in [0, 0.05) is 22.5 Å². The zero-order valence-corrected chi connectivity index (χ0v) is 12.9. The van der Waals surface area contributed by atoms with Gasteiger partial charge in [0.15, 0.2) is 4.96 Å². The van der Waals surface area contributed by atoms with E-state index >= 15 is 0 Å². The van der Waals surface area contributed by atoms with Gasteiger partial charge in [0.1, 0.15) is 4.88 Å². The van der Waals surface area contributed by atoms with Gasteiger partial charge >= 0.3 is 5.97 Å². The van der Waals surface area contributed by atoms with E-state index in [1.165, 1.54) is 11.3 Å². The van der Waals surface area contributed by atoms with E-state index in [1.54, 1.807) is 0 Å². The molecule has 1 N–H and O–H groups in total. The molecule has 0 saturated carbocycles. The Hall–Kier alpha value is -1.85. The van der Waals surface area contributed by atoms with Gasteiger partial charge in [-0.25, -0.2) is 9.78 Å². The molecule has 1 aromatic carbocycles. The Kier molecular flexibility index (Phi) is 3.69. The van der Waals surface area contributed by atoms with E-state index in [0.717, 1.165) is 29.8 Å². The van der Waals surface area contributed by atoms with Gasteiger partial charge in [-0.2, -0.15) is 0 Å². The molecule has 6 heteroatoms. The molecule has 0 fully saturated rings. The Balaban J connectivity index is 2.12. The molecule has 108 valence electrons. The molecule has 2 heterocycles. The summed E-state index contributed by atoms with van der Waals surface area (Å²) in [4.78, 5) is 16.9.